The number of hydrogen-bond donors (Lipinski definition) is 3. The van der Waals surface area contributed by atoms with Gasteiger partial charge in [0.2, 0.25) is 11.8 Å². The van der Waals surface area contributed by atoms with Crippen LogP contribution in [-0.4, -0.2) is 54.9 Å². The van der Waals surface area contributed by atoms with Crippen molar-refractivity contribution >= 4 is 17.8 Å². The van der Waals surface area contributed by atoms with E-state index in [4.69, 9.17) is 0 Å². The summed E-state index contributed by atoms with van der Waals surface area (Å²) in [4.78, 5) is 30.4. The van der Waals surface area contributed by atoms with E-state index in [9.17, 15) is 9.59 Å². The van der Waals surface area contributed by atoms with Crippen molar-refractivity contribution < 1.29 is 9.59 Å². The molecule has 2 amide bonds. The van der Waals surface area contributed by atoms with E-state index in [-0.39, 0.29) is 23.9 Å². The summed E-state index contributed by atoms with van der Waals surface area (Å²) in [5.74, 6) is 0.656. The monoisotopic (exact) mass is 387 g/mol. The molecule has 28 heavy (non-hydrogen) atoms. The third kappa shape index (κ3) is 7.21. The highest BCUT2D eigenvalue weighted by Gasteiger charge is 2.19. The quantitative estimate of drug-likeness (QED) is 0.392. The van der Waals surface area contributed by atoms with Gasteiger partial charge in [-0.15, -0.1) is 0 Å². The fraction of sp³-hybridized carbons (Fsp3) is 0.571. The molecule has 0 saturated carbocycles. The Morgan fingerprint density at radius 3 is 2.54 bits per heavy atom. The van der Waals surface area contributed by atoms with Crippen LogP contribution in [0.2, 0.25) is 0 Å². The Morgan fingerprint density at radius 1 is 1.14 bits per heavy atom. The van der Waals surface area contributed by atoms with Crippen LogP contribution >= 0.6 is 0 Å². The second kappa shape index (κ2) is 10.1. The van der Waals surface area contributed by atoms with Crippen LogP contribution in [0.3, 0.4) is 0 Å². The number of nitrogens with one attached hydrogen (secondary N) is 3. The molecule has 1 aromatic carbocycles. The van der Waals surface area contributed by atoms with Crippen molar-refractivity contribution in [1.29, 1.82) is 0 Å². The summed E-state index contributed by atoms with van der Waals surface area (Å²) < 4.78 is 0. The molecule has 0 saturated heterocycles. The summed E-state index contributed by atoms with van der Waals surface area (Å²) in [5.41, 5.74) is 2.34. The highest BCUT2D eigenvalue weighted by Crippen LogP contribution is 2.19. The minimum absolute atomic E-state index is 0.0870. The van der Waals surface area contributed by atoms with Crippen molar-refractivity contribution in [2.24, 2.45) is 4.99 Å². The largest absolute Gasteiger partial charge is 0.356 e. The molecule has 0 atom stereocenters. The van der Waals surface area contributed by atoms with Gasteiger partial charge in [0.25, 0.3) is 0 Å². The number of aliphatic imine (C=N–C) groups is 1. The first-order chi connectivity index (χ1) is 13.3. The number of guanidine groups is 1. The summed E-state index contributed by atoms with van der Waals surface area (Å²) in [6.45, 7) is 8.09. The fourth-order valence-electron chi connectivity index (χ4n) is 3.16. The highest BCUT2D eigenvalue weighted by atomic mass is 16.2. The van der Waals surface area contributed by atoms with Gasteiger partial charge in [-0.05, 0) is 44.7 Å². The van der Waals surface area contributed by atoms with Gasteiger partial charge in [0, 0.05) is 38.6 Å². The summed E-state index contributed by atoms with van der Waals surface area (Å²) in [5, 5.41) is 9.03. The molecule has 154 valence electrons. The van der Waals surface area contributed by atoms with Gasteiger partial charge in [0.15, 0.2) is 5.96 Å². The van der Waals surface area contributed by atoms with Crippen LogP contribution in [0.1, 0.15) is 44.7 Å². The van der Waals surface area contributed by atoms with E-state index in [1.807, 2.05) is 31.7 Å². The zero-order chi connectivity index (χ0) is 20.6. The van der Waals surface area contributed by atoms with Crippen molar-refractivity contribution in [1.82, 2.24) is 20.9 Å². The topological polar surface area (TPSA) is 85.8 Å². The number of carbonyl (C=O) groups is 2. The lowest BCUT2D eigenvalue weighted by Gasteiger charge is -2.29. The van der Waals surface area contributed by atoms with Crippen LogP contribution in [-0.2, 0) is 22.6 Å². The minimum atomic E-state index is -0.259. The maximum absolute atomic E-state index is 12.5. The van der Waals surface area contributed by atoms with Crippen LogP contribution in [0, 0.1) is 0 Å². The maximum atomic E-state index is 12.5. The second-order valence-corrected chi connectivity index (χ2v) is 8.09. The first kappa shape index (κ1) is 21.7. The molecule has 2 rings (SSSR count). The molecule has 0 aromatic heterocycles. The molecule has 0 fully saturated rings. The molecule has 7 nitrogen and oxygen atoms in total. The number of hydrogen-bond acceptors (Lipinski definition) is 3. The van der Waals surface area contributed by atoms with Crippen LogP contribution < -0.4 is 16.0 Å². The molecule has 0 aliphatic carbocycles. The Balaban J connectivity index is 1.66. The van der Waals surface area contributed by atoms with E-state index in [1.54, 1.807) is 7.05 Å². The van der Waals surface area contributed by atoms with Gasteiger partial charge in [-0.3, -0.25) is 14.6 Å². The molecule has 7 heteroatoms. The molecule has 3 N–H and O–H groups in total. The van der Waals surface area contributed by atoms with Crippen molar-refractivity contribution in [3.8, 4) is 0 Å². The summed E-state index contributed by atoms with van der Waals surface area (Å²) >= 11 is 0. The summed E-state index contributed by atoms with van der Waals surface area (Å²) in [6, 6.07) is 8.32. The Hall–Kier alpha value is -2.57. The first-order valence-electron chi connectivity index (χ1n) is 9.88. The third-order valence-electron chi connectivity index (χ3n) is 4.50. The third-order valence-corrected chi connectivity index (χ3v) is 4.50. The van der Waals surface area contributed by atoms with Gasteiger partial charge in [0.05, 0.1) is 6.54 Å². The van der Waals surface area contributed by atoms with Crippen molar-refractivity contribution in [2.45, 2.75) is 52.1 Å². The predicted molar refractivity (Wildman–Crippen MR) is 112 cm³/mol. The van der Waals surface area contributed by atoms with Gasteiger partial charge in [-0.1, -0.05) is 24.3 Å². The lowest BCUT2D eigenvalue weighted by atomic mass is 9.99. The maximum Gasteiger partial charge on any atom is 0.239 e. The number of benzene rings is 1. The van der Waals surface area contributed by atoms with Crippen molar-refractivity contribution in [3.05, 3.63) is 35.4 Å². The normalized spacial score (nSPS) is 14.3. The van der Waals surface area contributed by atoms with E-state index in [1.165, 1.54) is 11.1 Å². The zero-order valence-electron chi connectivity index (χ0n) is 17.5. The molecular weight excluding hydrogens is 354 g/mol. The van der Waals surface area contributed by atoms with Gasteiger partial charge in [-0.25, -0.2) is 0 Å². The van der Waals surface area contributed by atoms with E-state index in [0.717, 1.165) is 13.0 Å². The smallest absolute Gasteiger partial charge is 0.239 e. The van der Waals surface area contributed by atoms with Gasteiger partial charge < -0.3 is 20.9 Å². The molecule has 0 spiro atoms. The number of fused-ring (bicyclic) bond motifs is 1. The van der Waals surface area contributed by atoms with Gasteiger partial charge >= 0.3 is 0 Å². The summed E-state index contributed by atoms with van der Waals surface area (Å²) in [6.07, 6.45) is 2.13. The van der Waals surface area contributed by atoms with Crippen LogP contribution in [0.15, 0.2) is 29.3 Å². The number of rotatable bonds is 6. The zero-order valence-corrected chi connectivity index (χ0v) is 17.5. The minimum Gasteiger partial charge on any atom is -0.356 e. The van der Waals surface area contributed by atoms with Gasteiger partial charge in [-0.2, -0.15) is 0 Å². The number of amides is 2. The molecule has 1 heterocycles. The average Bonchev–Trinajstić information content (AvgIpc) is 2.65. The lowest BCUT2D eigenvalue weighted by Crippen LogP contribution is -2.48. The molecule has 0 radical (unpaired) electrons. The Kier molecular flexibility index (Phi) is 7.84. The highest BCUT2D eigenvalue weighted by molar-refractivity contribution is 5.86. The Labute approximate surface area is 168 Å². The van der Waals surface area contributed by atoms with Crippen molar-refractivity contribution in [2.75, 3.05) is 26.7 Å². The predicted octanol–water partition coefficient (Wildman–Crippen LogP) is 1.43. The first-order valence-corrected chi connectivity index (χ1v) is 9.88. The van der Waals surface area contributed by atoms with E-state index < -0.39 is 0 Å². The Morgan fingerprint density at radius 2 is 1.86 bits per heavy atom. The van der Waals surface area contributed by atoms with Crippen LogP contribution in [0.5, 0.6) is 0 Å². The average molecular weight is 388 g/mol. The van der Waals surface area contributed by atoms with Crippen LogP contribution in [0.4, 0.5) is 0 Å². The lowest BCUT2D eigenvalue weighted by molar-refractivity contribution is -0.132. The Bertz CT molecular complexity index is 709. The molecule has 0 bridgehead atoms. The molecule has 1 aromatic rings. The standard InChI is InChI=1S/C21H33N5O2/c1-21(2,3)25-18(27)14-24-20(22-4)23-12-7-10-19(28)26-13-11-16-8-5-6-9-17(16)15-26/h5-6,8-9H,7,10-15H2,1-4H3,(H,25,27)(H2,22,23,24). The molecule has 1 aliphatic heterocycles. The van der Waals surface area contributed by atoms with Crippen LogP contribution in [0.25, 0.3) is 0 Å². The van der Waals surface area contributed by atoms with Crippen molar-refractivity contribution in [3.63, 3.8) is 0 Å². The van der Waals surface area contributed by atoms with Gasteiger partial charge in [0.1, 0.15) is 0 Å². The summed E-state index contributed by atoms with van der Waals surface area (Å²) in [7, 11) is 1.66. The second-order valence-electron chi connectivity index (χ2n) is 8.09. The number of carbonyl (C=O) groups excluding carboxylic acids is 2. The number of nitrogens with zero attached hydrogens (tertiary/aromatic N) is 2. The van der Waals surface area contributed by atoms with E-state index in [2.05, 4.69) is 39.1 Å². The van der Waals surface area contributed by atoms with E-state index in [0.29, 0.717) is 31.9 Å². The molecule has 1 aliphatic rings. The van der Waals surface area contributed by atoms with E-state index >= 15 is 0 Å². The molecular formula is C21H33N5O2. The fourth-order valence-corrected chi connectivity index (χ4v) is 3.16. The SMILES string of the molecule is CN=C(NCCCC(=O)N1CCc2ccccc2C1)NCC(=O)NC(C)(C)C. The molecule has 0 unspecified atom stereocenters.